The summed E-state index contributed by atoms with van der Waals surface area (Å²) in [5.41, 5.74) is 1.37. The molecule has 0 aliphatic heterocycles. The van der Waals surface area contributed by atoms with Crippen LogP contribution in [0.2, 0.25) is 0 Å². The van der Waals surface area contributed by atoms with Crippen LogP contribution >= 0.6 is 12.6 Å². The fraction of sp³-hybridized carbons (Fsp3) is 0.500. The van der Waals surface area contributed by atoms with Crippen molar-refractivity contribution in [1.82, 2.24) is 0 Å². The standard InChI is InChI=1S/C14H20OS/c1-14(2,3)10-12(13(15)16)9-11-7-5-4-6-8-11/h4-8,12H,9-10H2,1-3H3,(H,15,16)/t12-/m1/s1. The molecule has 0 aromatic heterocycles. The second-order valence-corrected chi connectivity index (χ2v) is 5.93. The van der Waals surface area contributed by atoms with E-state index in [1.165, 1.54) is 5.56 Å². The van der Waals surface area contributed by atoms with Gasteiger partial charge in [-0.25, -0.2) is 0 Å². The number of carbonyl (C=O) groups excluding carboxylic acids is 1. The first kappa shape index (κ1) is 13.3. The molecular weight excluding hydrogens is 216 g/mol. The Kier molecular flexibility index (Phi) is 4.60. The Morgan fingerprint density at radius 3 is 2.25 bits per heavy atom. The Morgan fingerprint density at radius 2 is 1.81 bits per heavy atom. The van der Waals surface area contributed by atoms with Crippen molar-refractivity contribution in [2.75, 3.05) is 0 Å². The Balaban J connectivity index is 2.70. The molecule has 2 heteroatoms. The predicted octanol–water partition coefficient (Wildman–Crippen LogP) is 3.74. The van der Waals surface area contributed by atoms with Crippen molar-refractivity contribution in [3.63, 3.8) is 0 Å². The molecule has 1 atom stereocenters. The summed E-state index contributed by atoms with van der Waals surface area (Å²) in [6.07, 6.45) is 1.67. The fourth-order valence-electron chi connectivity index (χ4n) is 1.88. The number of thiol groups is 1. The van der Waals surface area contributed by atoms with E-state index in [2.05, 4.69) is 45.5 Å². The number of hydrogen-bond donors (Lipinski definition) is 1. The van der Waals surface area contributed by atoms with Gasteiger partial charge in [0.2, 0.25) is 0 Å². The summed E-state index contributed by atoms with van der Waals surface area (Å²) in [6, 6.07) is 10.1. The summed E-state index contributed by atoms with van der Waals surface area (Å²) < 4.78 is 0. The lowest BCUT2D eigenvalue weighted by atomic mass is 9.82. The van der Waals surface area contributed by atoms with Crippen LogP contribution in [-0.4, -0.2) is 5.12 Å². The monoisotopic (exact) mass is 236 g/mol. The van der Waals surface area contributed by atoms with Crippen molar-refractivity contribution in [3.05, 3.63) is 35.9 Å². The zero-order chi connectivity index (χ0) is 12.2. The zero-order valence-electron chi connectivity index (χ0n) is 10.2. The topological polar surface area (TPSA) is 17.1 Å². The van der Waals surface area contributed by atoms with E-state index in [0.717, 1.165) is 12.8 Å². The third-order valence-electron chi connectivity index (χ3n) is 2.53. The number of hydrogen-bond acceptors (Lipinski definition) is 1. The van der Waals surface area contributed by atoms with Crippen molar-refractivity contribution >= 4 is 17.7 Å². The van der Waals surface area contributed by atoms with Crippen LogP contribution in [0.1, 0.15) is 32.8 Å². The van der Waals surface area contributed by atoms with E-state index in [-0.39, 0.29) is 16.4 Å². The molecule has 1 aromatic rings. The Labute approximate surface area is 104 Å². The van der Waals surface area contributed by atoms with Gasteiger partial charge in [-0.3, -0.25) is 4.79 Å². The van der Waals surface area contributed by atoms with Crippen LogP contribution in [0.4, 0.5) is 0 Å². The van der Waals surface area contributed by atoms with E-state index in [1.807, 2.05) is 18.2 Å². The van der Waals surface area contributed by atoms with Gasteiger partial charge in [0.05, 0.1) is 0 Å². The van der Waals surface area contributed by atoms with Crippen LogP contribution in [0.15, 0.2) is 30.3 Å². The highest BCUT2D eigenvalue weighted by Gasteiger charge is 2.22. The third-order valence-corrected chi connectivity index (χ3v) is 2.90. The largest absolute Gasteiger partial charge is 0.287 e. The Hall–Kier alpha value is -0.760. The van der Waals surface area contributed by atoms with Crippen molar-refractivity contribution in [2.24, 2.45) is 11.3 Å². The smallest absolute Gasteiger partial charge is 0.189 e. The van der Waals surface area contributed by atoms with Gasteiger partial charge in [0.15, 0.2) is 5.12 Å². The summed E-state index contributed by atoms with van der Waals surface area (Å²) in [5.74, 6) is 0.0192. The van der Waals surface area contributed by atoms with Crippen LogP contribution in [0, 0.1) is 11.3 Å². The first-order chi connectivity index (χ1) is 7.38. The van der Waals surface area contributed by atoms with Gasteiger partial charge >= 0.3 is 0 Å². The maximum atomic E-state index is 11.5. The van der Waals surface area contributed by atoms with Crippen molar-refractivity contribution < 1.29 is 4.79 Å². The number of benzene rings is 1. The second-order valence-electron chi connectivity index (χ2n) is 5.49. The zero-order valence-corrected chi connectivity index (χ0v) is 11.1. The average Bonchev–Trinajstić information content (AvgIpc) is 2.16. The van der Waals surface area contributed by atoms with E-state index >= 15 is 0 Å². The van der Waals surface area contributed by atoms with Crippen LogP contribution in [0.3, 0.4) is 0 Å². The summed E-state index contributed by atoms with van der Waals surface area (Å²) >= 11 is 4.00. The molecular formula is C14H20OS. The van der Waals surface area contributed by atoms with Gasteiger partial charge in [-0.15, -0.1) is 12.6 Å². The Morgan fingerprint density at radius 1 is 1.25 bits per heavy atom. The highest BCUT2D eigenvalue weighted by Crippen LogP contribution is 2.28. The SMILES string of the molecule is CC(C)(C)C[C@@H](Cc1ccccc1)C(=O)S. The first-order valence-electron chi connectivity index (χ1n) is 5.65. The van der Waals surface area contributed by atoms with Crippen LogP contribution in [0.25, 0.3) is 0 Å². The van der Waals surface area contributed by atoms with Gasteiger partial charge in [-0.2, -0.15) is 0 Å². The van der Waals surface area contributed by atoms with Crippen molar-refractivity contribution in [1.29, 1.82) is 0 Å². The van der Waals surface area contributed by atoms with E-state index in [1.54, 1.807) is 0 Å². The molecule has 0 saturated heterocycles. The molecule has 0 bridgehead atoms. The summed E-state index contributed by atoms with van der Waals surface area (Å²) in [5, 5.41) is -0.00113. The maximum Gasteiger partial charge on any atom is 0.189 e. The molecule has 0 heterocycles. The lowest BCUT2D eigenvalue weighted by molar-refractivity contribution is -0.115. The fourth-order valence-corrected chi connectivity index (χ4v) is 2.07. The van der Waals surface area contributed by atoms with E-state index < -0.39 is 0 Å². The Bertz CT molecular complexity index is 338. The molecule has 0 aliphatic carbocycles. The quantitative estimate of drug-likeness (QED) is 0.788. The maximum absolute atomic E-state index is 11.5. The second kappa shape index (κ2) is 5.53. The normalized spacial score (nSPS) is 13.5. The molecule has 16 heavy (non-hydrogen) atoms. The molecule has 0 unspecified atom stereocenters. The van der Waals surface area contributed by atoms with E-state index in [9.17, 15) is 4.79 Å². The van der Waals surface area contributed by atoms with Gasteiger partial charge in [0.25, 0.3) is 0 Å². The third kappa shape index (κ3) is 4.84. The molecule has 0 fully saturated rings. The van der Waals surface area contributed by atoms with Crippen LogP contribution < -0.4 is 0 Å². The van der Waals surface area contributed by atoms with Crippen molar-refractivity contribution in [2.45, 2.75) is 33.6 Å². The molecule has 0 spiro atoms. The molecule has 1 nitrogen and oxygen atoms in total. The molecule has 0 amide bonds. The molecule has 1 rings (SSSR count). The van der Waals surface area contributed by atoms with Crippen LogP contribution in [-0.2, 0) is 11.2 Å². The average molecular weight is 236 g/mol. The minimum atomic E-state index is -0.00113. The van der Waals surface area contributed by atoms with Gasteiger partial charge in [0.1, 0.15) is 0 Å². The van der Waals surface area contributed by atoms with Gasteiger partial charge in [0, 0.05) is 5.92 Å². The molecule has 0 aliphatic rings. The van der Waals surface area contributed by atoms with Crippen LogP contribution in [0.5, 0.6) is 0 Å². The highest BCUT2D eigenvalue weighted by molar-refractivity contribution is 7.96. The van der Waals surface area contributed by atoms with Gasteiger partial charge in [-0.1, -0.05) is 51.1 Å². The molecule has 0 saturated carbocycles. The molecule has 0 radical (unpaired) electrons. The predicted molar refractivity (Wildman–Crippen MR) is 71.7 cm³/mol. The lowest BCUT2D eigenvalue weighted by Gasteiger charge is -2.23. The summed E-state index contributed by atoms with van der Waals surface area (Å²) in [6.45, 7) is 6.46. The molecule has 1 aromatic carbocycles. The molecule has 0 N–H and O–H groups in total. The number of carbonyl (C=O) groups is 1. The number of rotatable bonds is 4. The first-order valence-corrected chi connectivity index (χ1v) is 6.10. The summed E-state index contributed by atoms with van der Waals surface area (Å²) in [4.78, 5) is 11.5. The molecule has 88 valence electrons. The van der Waals surface area contributed by atoms with E-state index in [0.29, 0.717) is 0 Å². The van der Waals surface area contributed by atoms with Crippen molar-refractivity contribution in [3.8, 4) is 0 Å². The highest BCUT2D eigenvalue weighted by atomic mass is 32.1. The lowest BCUT2D eigenvalue weighted by Crippen LogP contribution is -2.20. The van der Waals surface area contributed by atoms with E-state index in [4.69, 9.17) is 0 Å². The van der Waals surface area contributed by atoms with Gasteiger partial charge < -0.3 is 0 Å². The minimum absolute atomic E-state index is 0.00113. The van der Waals surface area contributed by atoms with Gasteiger partial charge in [-0.05, 0) is 23.8 Å². The summed E-state index contributed by atoms with van der Waals surface area (Å²) in [7, 11) is 0. The minimum Gasteiger partial charge on any atom is -0.287 e.